The van der Waals surface area contributed by atoms with Crippen molar-refractivity contribution in [2.45, 2.75) is 30.9 Å². The molecule has 0 saturated carbocycles. The maximum atomic E-state index is 12.4. The molecule has 0 aliphatic carbocycles. The third-order valence-electron chi connectivity index (χ3n) is 6.93. The Morgan fingerprint density at radius 3 is 2.24 bits per heavy atom. The molecule has 2 atom stereocenters. The molecule has 4 heterocycles. The molecule has 0 aromatic heterocycles. The van der Waals surface area contributed by atoms with E-state index in [2.05, 4.69) is 22.1 Å². The maximum absolute atomic E-state index is 12.4. The number of ether oxygens (including phenoxy) is 1. The summed E-state index contributed by atoms with van der Waals surface area (Å²) in [5, 5.41) is 13.7. The van der Waals surface area contributed by atoms with Crippen molar-refractivity contribution in [3.8, 4) is 23.3 Å². The van der Waals surface area contributed by atoms with Crippen molar-refractivity contribution in [3.05, 3.63) is 59.7 Å². The second-order valence-corrected chi connectivity index (χ2v) is 11.7. The molecule has 4 fully saturated rings. The number of aliphatic hydroxyl groups is 1. The van der Waals surface area contributed by atoms with Gasteiger partial charge in [-0.2, -0.15) is 0 Å². The predicted octanol–water partition coefficient (Wildman–Crippen LogP) is 2.20. The van der Waals surface area contributed by atoms with E-state index in [4.69, 9.17) is 4.74 Å². The molecular formula is C26H28N2O5S. The van der Waals surface area contributed by atoms with Crippen molar-refractivity contribution in [3.63, 3.8) is 0 Å². The number of fused-ring (bicyclic) bond motifs is 3. The monoisotopic (exact) mass is 480 g/mol. The van der Waals surface area contributed by atoms with Gasteiger partial charge in [0.15, 0.2) is 9.84 Å². The molecule has 2 aromatic carbocycles. The van der Waals surface area contributed by atoms with Crippen LogP contribution in [0.25, 0.3) is 0 Å². The predicted molar refractivity (Wildman–Crippen MR) is 128 cm³/mol. The van der Waals surface area contributed by atoms with Gasteiger partial charge in [0.2, 0.25) is 0 Å². The summed E-state index contributed by atoms with van der Waals surface area (Å²) < 4.78 is 29.0. The van der Waals surface area contributed by atoms with E-state index in [0.29, 0.717) is 30.0 Å². The van der Waals surface area contributed by atoms with Gasteiger partial charge in [-0.3, -0.25) is 9.69 Å². The number of piperidine rings is 3. The first-order valence-corrected chi connectivity index (χ1v) is 13.5. The maximum Gasteiger partial charge on any atom is 0.251 e. The van der Waals surface area contributed by atoms with E-state index in [1.807, 2.05) is 24.3 Å². The smallest absolute Gasteiger partial charge is 0.251 e. The summed E-state index contributed by atoms with van der Waals surface area (Å²) in [7, 11) is -3.04. The van der Waals surface area contributed by atoms with Crippen LogP contribution in [0, 0.1) is 17.8 Å². The molecule has 6 rings (SSSR count). The molecule has 4 aliphatic rings. The molecule has 4 aliphatic heterocycles. The van der Waals surface area contributed by atoms with Crippen molar-refractivity contribution in [2.75, 3.05) is 31.1 Å². The minimum Gasteiger partial charge on any atom is -0.457 e. The molecule has 178 valence electrons. The molecule has 0 radical (unpaired) electrons. The minimum absolute atomic E-state index is 0.00137. The van der Waals surface area contributed by atoms with Crippen molar-refractivity contribution in [1.29, 1.82) is 0 Å². The zero-order chi connectivity index (χ0) is 23.8. The number of sulfone groups is 1. The lowest BCUT2D eigenvalue weighted by molar-refractivity contribution is -0.0713. The summed E-state index contributed by atoms with van der Waals surface area (Å²) in [6.07, 6.45) is 2.45. The van der Waals surface area contributed by atoms with Crippen LogP contribution in [0.4, 0.5) is 0 Å². The summed E-state index contributed by atoms with van der Waals surface area (Å²) in [5.41, 5.74) is 0.345. The zero-order valence-corrected chi connectivity index (χ0v) is 19.7. The van der Waals surface area contributed by atoms with Gasteiger partial charge < -0.3 is 15.2 Å². The second-order valence-electron chi connectivity index (χ2n) is 9.45. The molecule has 8 heteroatoms. The van der Waals surface area contributed by atoms with Crippen LogP contribution in [-0.2, 0) is 9.84 Å². The van der Waals surface area contributed by atoms with Gasteiger partial charge in [0.25, 0.3) is 5.91 Å². The van der Waals surface area contributed by atoms with E-state index in [9.17, 15) is 18.3 Å². The van der Waals surface area contributed by atoms with E-state index >= 15 is 0 Å². The lowest BCUT2D eigenvalue weighted by atomic mass is 9.76. The van der Waals surface area contributed by atoms with Crippen LogP contribution in [0.3, 0.4) is 0 Å². The van der Waals surface area contributed by atoms with Crippen molar-refractivity contribution < 1.29 is 23.1 Å². The van der Waals surface area contributed by atoms with Crippen LogP contribution >= 0.6 is 0 Å². The van der Waals surface area contributed by atoms with Crippen LogP contribution in [-0.4, -0.2) is 67.1 Å². The summed E-state index contributed by atoms with van der Waals surface area (Å²) in [6, 6.07) is 13.8. The normalized spacial score (nSPS) is 29.1. The van der Waals surface area contributed by atoms with Crippen molar-refractivity contribution >= 4 is 15.7 Å². The molecule has 0 spiro atoms. The van der Waals surface area contributed by atoms with E-state index in [1.54, 1.807) is 24.3 Å². The molecular weight excluding hydrogens is 452 g/mol. The number of rotatable bonds is 4. The van der Waals surface area contributed by atoms with Gasteiger partial charge in [-0.15, -0.1) is 0 Å². The molecule has 34 heavy (non-hydrogen) atoms. The first kappa shape index (κ1) is 22.9. The standard InChI is InChI=1S/C26H28N2O5S/c29-25(27-22-12-16-34(31,32)17-22)20-3-7-24(8-4-20)33-23-5-1-19(2-6-23)9-13-26(30)18-28-14-10-21(26)11-15-28/h1-8,21-22,30H,10-12,14-18H2,(H,27,29)/t22?,26-/m0/s1. The Morgan fingerprint density at radius 2 is 1.68 bits per heavy atom. The third kappa shape index (κ3) is 5.12. The Morgan fingerprint density at radius 1 is 1.03 bits per heavy atom. The van der Waals surface area contributed by atoms with Crippen LogP contribution in [0.2, 0.25) is 0 Å². The van der Waals surface area contributed by atoms with E-state index in [-0.39, 0.29) is 29.4 Å². The molecule has 2 N–H and O–H groups in total. The van der Waals surface area contributed by atoms with E-state index < -0.39 is 15.4 Å². The highest BCUT2D eigenvalue weighted by molar-refractivity contribution is 7.91. The van der Waals surface area contributed by atoms with Gasteiger partial charge in [0.1, 0.15) is 17.1 Å². The Kier molecular flexibility index (Phi) is 6.11. The Balaban J connectivity index is 1.17. The number of amides is 1. The Hall–Kier alpha value is -2.86. The molecule has 2 bridgehead atoms. The first-order chi connectivity index (χ1) is 16.3. The fourth-order valence-electron chi connectivity index (χ4n) is 4.95. The van der Waals surface area contributed by atoms with Crippen LogP contribution < -0.4 is 10.1 Å². The summed E-state index contributed by atoms with van der Waals surface area (Å²) in [6.45, 7) is 2.73. The SMILES string of the molecule is O=C(NC1CCS(=O)(=O)C1)c1ccc(Oc2ccc(C#C[C@]3(O)CN4CCC3CC4)cc2)cc1. The number of carbonyl (C=O) groups is 1. The zero-order valence-electron chi connectivity index (χ0n) is 18.9. The number of hydrogen-bond acceptors (Lipinski definition) is 6. The molecule has 1 unspecified atom stereocenters. The fourth-order valence-corrected chi connectivity index (χ4v) is 6.63. The van der Waals surface area contributed by atoms with Crippen molar-refractivity contribution in [1.82, 2.24) is 10.2 Å². The molecule has 7 nitrogen and oxygen atoms in total. The molecule has 4 saturated heterocycles. The van der Waals surface area contributed by atoms with Gasteiger partial charge >= 0.3 is 0 Å². The van der Waals surface area contributed by atoms with E-state index in [1.165, 1.54) is 0 Å². The summed E-state index contributed by atoms with van der Waals surface area (Å²) >= 11 is 0. The number of hydrogen-bond donors (Lipinski definition) is 2. The molecule has 1 amide bonds. The van der Waals surface area contributed by atoms with Gasteiger partial charge in [-0.1, -0.05) is 11.8 Å². The average molecular weight is 481 g/mol. The number of benzene rings is 2. The number of nitrogens with one attached hydrogen (secondary N) is 1. The largest absolute Gasteiger partial charge is 0.457 e. The fraction of sp³-hybridized carbons (Fsp3) is 0.423. The Labute approximate surface area is 200 Å². The minimum atomic E-state index is -3.04. The first-order valence-electron chi connectivity index (χ1n) is 11.7. The third-order valence-corrected chi connectivity index (χ3v) is 8.69. The topological polar surface area (TPSA) is 95.9 Å². The van der Waals surface area contributed by atoms with Gasteiger partial charge in [0, 0.05) is 29.6 Å². The number of nitrogens with zero attached hydrogens (tertiary/aromatic N) is 1. The highest BCUT2D eigenvalue weighted by Gasteiger charge is 2.44. The van der Waals surface area contributed by atoms with Gasteiger partial charge in [0.05, 0.1) is 11.5 Å². The molecule has 2 aromatic rings. The van der Waals surface area contributed by atoms with Crippen molar-refractivity contribution in [2.24, 2.45) is 5.92 Å². The summed E-state index contributed by atoms with van der Waals surface area (Å²) in [4.78, 5) is 14.7. The average Bonchev–Trinajstić information content (AvgIpc) is 3.17. The van der Waals surface area contributed by atoms with Gasteiger partial charge in [-0.25, -0.2) is 8.42 Å². The van der Waals surface area contributed by atoms with Crippen LogP contribution in [0.15, 0.2) is 48.5 Å². The summed E-state index contributed by atoms with van der Waals surface area (Å²) in [5.74, 6) is 7.54. The van der Waals surface area contributed by atoms with Gasteiger partial charge in [-0.05, 0) is 80.9 Å². The Bertz CT molecular complexity index is 1220. The lowest BCUT2D eigenvalue weighted by Crippen LogP contribution is -2.58. The van der Waals surface area contributed by atoms with E-state index in [0.717, 1.165) is 31.5 Å². The quantitative estimate of drug-likeness (QED) is 0.652. The lowest BCUT2D eigenvalue weighted by Gasteiger charge is -2.47. The number of carbonyl (C=O) groups excluding carboxylic acids is 1. The highest BCUT2D eigenvalue weighted by atomic mass is 32.2. The van der Waals surface area contributed by atoms with Crippen LogP contribution in [0.1, 0.15) is 35.2 Å². The second kappa shape index (κ2) is 9.06. The van der Waals surface area contributed by atoms with Crippen LogP contribution in [0.5, 0.6) is 11.5 Å². The highest BCUT2D eigenvalue weighted by Crippen LogP contribution is 2.35.